The number of rotatable bonds is 56. The molecule has 0 unspecified atom stereocenters. The summed E-state index contributed by atoms with van der Waals surface area (Å²) in [5.41, 5.74) is 0. The van der Waals surface area contributed by atoms with E-state index in [1.54, 1.807) is 0 Å². The molecule has 6 nitrogen and oxygen atoms in total. The number of unbranched alkanes of at least 4 members (excludes halogenated alkanes) is 35. The molecule has 0 aromatic rings. The van der Waals surface area contributed by atoms with E-state index in [-0.39, 0.29) is 31.1 Å². The van der Waals surface area contributed by atoms with Gasteiger partial charge < -0.3 is 14.2 Å². The number of carbonyl (C=O) groups excluding carboxylic acids is 3. The molecule has 0 saturated heterocycles. The predicted molar refractivity (Wildman–Crippen MR) is 307 cm³/mol. The van der Waals surface area contributed by atoms with Crippen LogP contribution >= 0.6 is 0 Å². The van der Waals surface area contributed by atoms with Gasteiger partial charge in [-0.05, 0) is 109 Å². The summed E-state index contributed by atoms with van der Waals surface area (Å²) in [5, 5.41) is 0. The first-order valence-corrected chi connectivity index (χ1v) is 30.8. The summed E-state index contributed by atoms with van der Waals surface area (Å²) in [6.07, 6.45) is 75.0. The molecule has 0 aliphatic carbocycles. The number of esters is 3. The fraction of sp³-hybridized carbons (Fsp3) is 0.800. The summed E-state index contributed by atoms with van der Waals surface area (Å²) < 4.78 is 16.9. The molecule has 0 heterocycles. The third-order valence-electron chi connectivity index (χ3n) is 13.5. The van der Waals surface area contributed by atoms with Crippen molar-refractivity contribution in [2.75, 3.05) is 13.2 Å². The average Bonchev–Trinajstić information content (AvgIpc) is 3.37. The van der Waals surface area contributed by atoms with Crippen molar-refractivity contribution in [3.8, 4) is 0 Å². The SMILES string of the molecule is CCCCC/C=C\C/C=C\C/C=C\CCCCCCC(=O)O[C@H](COC(=O)CCCCCCCCC/C=C\CCCCCCCC)COC(=O)CCCCCCCCC/C=C\CCCCCCCCCC. The van der Waals surface area contributed by atoms with Gasteiger partial charge in [0.2, 0.25) is 0 Å². The number of allylic oxidation sites excluding steroid dienone is 10. The summed E-state index contributed by atoms with van der Waals surface area (Å²) in [5.74, 6) is -0.902. The van der Waals surface area contributed by atoms with Gasteiger partial charge in [-0.3, -0.25) is 14.4 Å². The maximum atomic E-state index is 12.9. The molecular weight excluding hydrogens is 877 g/mol. The second-order valence-corrected chi connectivity index (χ2v) is 20.6. The molecular formula is C65H116O6. The first kappa shape index (κ1) is 68.1. The zero-order valence-electron chi connectivity index (χ0n) is 47.2. The van der Waals surface area contributed by atoms with Crippen LogP contribution in [0.3, 0.4) is 0 Å². The fourth-order valence-electron chi connectivity index (χ4n) is 8.79. The van der Waals surface area contributed by atoms with Crippen molar-refractivity contribution in [3.63, 3.8) is 0 Å². The van der Waals surface area contributed by atoms with Crippen molar-refractivity contribution in [2.45, 2.75) is 322 Å². The first-order chi connectivity index (χ1) is 35.0. The van der Waals surface area contributed by atoms with E-state index >= 15 is 0 Å². The molecule has 0 bridgehead atoms. The van der Waals surface area contributed by atoms with Gasteiger partial charge in [0.15, 0.2) is 6.10 Å². The molecule has 0 fully saturated rings. The van der Waals surface area contributed by atoms with Crippen LogP contribution in [0.5, 0.6) is 0 Å². The standard InChI is InChI=1S/C65H116O6/c1-4-7-10-13-16-19-22-25-28-31-32-35-37-40-43-46-49-52-55-58-64(67)70-61-62(71-65(68)59-56-53-50-47-44-41-38-34-30-27-24-21-18-15-12-9-6-3)60-69-63(66)57-54-51-48-45-42-39-36-33-29-26-23-20-17-14-11-8-5-2/h18,21,26-27,29-32,38,41,62H,4-17,19-20,22-25,28,33-37,39-40,42-61H2,1-3H3/b21-18-,29-26-,30-27-,32-31-,41-38-/t62-/m1/s1. The quantitative estimate of drug-likeness (QED) is 0.0261. The van der Waals surface area contributed by atoms with E-state index in [9.17, 15) is 14.4 Å². The Hall–Kier alpha value is -2.89. The minimum atomic E-state index is -0.790. The highest BCUT2D eigenvalue weighted by molar-refractivity contribution is 5.71. The van der Waals surface area contributed by atoms with Gasteiger partial charge in [-0.2, -0.15) is 0 Å². The molecule has 0 radical (unpaired) electrons. The summed E-state index contributed by atoms with van der Waals surface area (Å²) in [7, 11) is 0. The van der Waals surface area contributed by atoms with Crippen molar-refractivity contribution in [1.29, 1.82) is 0 Å². The Kier molecular flexibility index (Phi) is 57.2. The highest BCUT2D eigenvalue weighted by atomic mass is 16.6. The van der Waals surface area contributed by atoms with Crippen LogP contribution in [-0.4, -0.2) is 37.2 Å². The lowest BCUT2D eigenvalue weighted by Crippen LogP contribution is -2.30. The molecule has 0 N–H and O–H groups in total. The maximum absolute atomic E-state index is 12.9. The van der Waals surface area contributed by atoms with Crippen LogP contribution in [0, 0.1) is 0 Å². The first-order valence-electron chi connectivity index (χ1n) is 30.8. The highest BCUT2D eigenvalue weighted by Gasteiger charge is 2.19. The van der Waals surface area contributed by atoms with Crippen LogP contribution in [-0.2, 0) is 28.6 Å². The van der Waals surface area contributed by atoms with E-state index in [4.69, 9.17) is 14.2 Å². The van der Waals surface area contributed by atoms with E-state index < -0.39 is 6.10 Å². The van der Waals surface area contributed by atoms with Gasteiger partial charge >= 0.3 is 17.9 Å². The van der Waals surface area contributed by atoms with Gasteiger partial charge in [0.05, 0.1) is 0 Å². The summed E-state index contributed by atoms with van der Waals surface area (Å²) >= 11 is 0. The van der Waals surface area contributed by atoms with Crippen molar-refractivity contribution in [3.05, 3.63) is 60.8 Å². The van der Waals surface area contributed by atoms with Gasteiger partial charge in [0.1, 0.15) is 13.2 Å². The number of hydrogen-bond acceptors (Lipinski definition) is 6. The highest BCUT2D eigenvalue weighted by Crippen LogP contribution is 2.16. The lowest BCUT2D eigenvalue weighted by Gasteiger charge is -2.18. The molecule has 0 aromatic carbocycles. The molecule has 0 amide bonds. The largest absolute Gasteiger partial charge is 0.462 e. The van der Waals surface area contributed by atoms with E-state index in [1.165, 1.54) is 193 Å². The Morgan fingerprint density at radius 2 is 0.507 bits per heavy atom. The molecule has 6 heteroatoms. The van der Waals surface area contributed by atoms with Crippen molar-refractivity contribution in [2.24, 2.45) is 0 Å². The minimum Gasteiger partial charge on any atom is -0.462 e. The molecule has 0 aliphatic heterocycles. The van der Waals surface area contributed by atoms with E-state index in [0.29, 0.717) is 19.3 Å². The number of ether oxygens (including phenoxy) is 3. The van der Waals surface area contributed by atoms with Crippen LogP contribution in [0.4, 0.5) is 0 Å². The molecule has 412 valence electrons. The molecule has 0 aromatic heterocycles. The Morgan fingerprint density at radius 1 is 0.282 bits per heavy atom. The third kappa shape index (κ3) is 57.9. The predicted octanol–water partition coefficient (Wildman–Crippen LogP) is 20.8. The monoisotopic (exact) mass is 993 g/mol. The molecule has 0 rings (SSSR count). The zero-order valence-corrected chi connectivity index (χ0v) is 47.2. The molecule has 71 heavy (non-hydrogen) atoms. The molecule has 0 spiro atoms. The van der Waals surface area contributed by atoms with Crippen LogP contribution in [0.1, 0.15) is 316 Å². The molecule has 0 saturated carbocycles. The smallest absolute Gasteiger partial charge is 0.306 e. The zero-order chi connectivity index (χ0) is 51.4. The van der Waals surface area contributed by atoms with Crippen molar-refractivity contribution < 1.29 is 28.6 Å². The van der Waals surface area contributed by atoms with Crippen LogP contribution in [0.15, 0.2) is 60.8 Å². The average molecular weight is 994 g/mol. The van der Waals surface area contributed by atoms with Gasteiger partial charge in [-0.1, -0.05) is 248 Å². The van der Waals surface area contributed by atoms with Gasteiger partial charge in [-0.25, -0.2) is 0 Å². The Labute approximate surface area is 440 Å². The lowest BCUT2D eigenvalue weighted by molar-refractivity contribution is -0.167. The van der Waals surface area contributed by atoms with Crippen molar-refractivity contribution in [1.82, 2.24) is 0 Å². The lowest BCUT2D eigenvalue weighted by atomic mass is 10.1. The van der Waals surface area contributed by atoms with Gasteiger partial charge in [-0.15, -0.1) is 0 Å². The van der Waals surface area contributed by atoms with Gasteiger partial charge in [0.25, 0.3) is 0 Å². The third-order valence-corrected chi connectivity index (χ3v) is 13.5. The number of hydrogen-bond donors (Lipinski definition) is 0. The van der Waals surface area contributed by atoms with Crippen LogP contribution < -0.4 is 0 Å². The van der Waals surface area contributed by atoms with Crippen molar-refractivity contribution >= 4 is 17.9 Å². The second-order valence-electron chi connectivity index (χ2n) is 20.6. The Balaban J connectivity index is 4.41. The summed E-state index contributed by atoms with van der Waals surface area (Å²) in [6.45, 7) is 6.62. The van der Waals surface area contributed by atoms with E-state index in [0.717, 1.165) is 83.5 Å². The Bertz CT molecular complexity index is 1280. The maximum Gasteiger partial charge on any atom is 0.306 e. The summed E-state index contributed by atoms with van der Waals surface area (Å²) in [4.78, 5) is 38.3. The normalized spacial score (nSPS) is 12.4. The Morgan fingerprint density at radius 3 is 0.831 bits per heavy atom. The van der Waals surface area contributed by atoms with E-state index in [1.807, 2.05) is 0 Å². The number of carbonyl (C=O) groups is 3. The second kappa shape index (κ2) is 59.7. The summed E-state index contributed by atoms with van der Waals surface area (Å²) in [6, 6.07) is 0. The van der Waals surface area contributed by atoms with E-state index in [2.05, 4.69) is 81.5 Å². The molecule has 1 atom stereocenters. The van der Waals surface area contributed by atoms with Crippen LogP contribution in [0.25, 0.3) is 0 Å². The van der Waals surface area contributed by atoms with Crippen LogP contribution in [0.2, 0.25) is 0 Å². The molecule has 0 aliphatic rings. The van der Waals surface area contributed by atoms with Gasteiger partial charge in [0, 0.05) is 19.3 Å². The fourth-order valence-corrected chi connectivity index (χ4v) is 8.79. The minimum absolute atomic E-state index is 0.0857. The topological polar surface area (TPSA) is 78.9 Å².